The molecule has 3 aromatic carbocycles. The lowest BCUT2D eigenvalue weighted by atomic mass is 10.1. The van der Waals surface area contributed by atoms with E-state index in [0.29, 0.717) is 0 Å². The molecule has 0 spiro atoms. The molecule has 4 rings (SSSR count). The summed E-state index contributed by atoms with van der Waals surface area (Å²) in [6.07, 6.45) is 1.63. The molecule has 30 heavy (non-hydrogen) atoms. The van der Waals surface area contributed by atoms with Crippen LogP contribution in [0.5, 0.6) is 5.75 Å². The number of phenols is 1. The molecular formula is C24H20IN3O2. The van der Waals surface area contributed by atoms with Crippen LogP contribution in [0.25, 0.3) is 16.5 Å². The van der Waals surface area contributed by atoms with Crippen molar-refractivity contribution in [1.82, 2.24) is 9.99 Å². The maximum atomic E-state index is 12.5. The van der Waals surface area contributed by atoms with Gasteiger partial charge >= 0.3 is 0 Å². The lowest BCUT2D eigenvalue weighted by Gasteiger charge is -2.10. The molecule has 0 bridgehead atoms. The van der Waals surface area contributed by atoms with Crippen LogP contribution in [-0.4, -0.2) is 21.8 Å². The number of carbonyl (C=O) groups excluding carboxylic acids is 1. The van der Waals surface area contributed by atoms with E-state index < -0.39 is 5.91 Å². The highest BCUT2D eigenvalue weighted by Gasteiger charge is 2.13. The Labute approximate surface area is 188 Å². The number of phenolic OH excluding ortho intramolecular Hbond substituents is 1. The molecule has 0 atom stereocenters. The Morgan fingerprint density at radius 3 is 2.50 bits per heavy atom. The van der Waals surface area contributed by atoms with Crippen molar-refractivity contribution in [3.05, 3.63) is 92.8 Å². The van der Waals surface area contributed by atoms with Crippen molar-refractivity contribution in [3.63, 3.8) is 0 Å². The van der Waals surface area contributed by atoms with Crippen LogP contribution in [0, 0.1) is 17.4 Å². The van der Waals surface area contributed by atoms with E-state index in [1.54, 1.807) is 18.3 Å². The van der Waals surface area contributed by atoms with Gasteiger partial charge in [0.25, 0.3) is 5.91 Å². The standard InChI is InChI=1S/C24H20IN3O2/c1-15-10-19(16(2)28(15)21-9-5-8-20(25)13-21)14-26-27-24(30)22-11-17-6-3-4-7-18(17)12-23(22)29/h3-14,29H,1-2H3,(H,27,30). The summed E-state index contributed by atoms with van der Waals surface area (Å²) in [5.41, 5.74) is 6.81. The third-order valence-electron chi connectivity index (χ3n) is 5.02. The van der Waals surface area contributed by atoms with E-state index in [1.807, 2.05) is 50.2 Å². The van der Waals surface area contributed by atoms with Gasteiger partial charge in [0.2, 0.25) is 0 Å². The number of halogens is 1. The Hall–Kier alpha value is -3.13. The van der Waals surface area contributed by atoms with E-state index in [9.17, 15) is 9.90 Å². The monoisotopic (exact) mass is 509 g/mol. The summed E-state index contributed by atoms with van der Waals surface area (Å²) in [5.74, 6) is -0.529. The van der Waals surface area contributed by atoms with Gasteiger partial charge < -0.3 is 9.67 Å². The fourth-order valence-electron chi connectivity index (χ4n) is 3.56. The van der Waals surface area contributed by atoms with Gasteiger partial charge in [-0.05, 0) is 83.6 Å². The van der Waals surface area contributed by atoms with Crippen LogP contribution in [-0.2, 0) is 0 Å². The largest absolute Gasteiger partial charge is 0.507 e. The summed E-state index contributed by atoms with van der Waals surface area (Å²) in [5, 5.41) is 16.1. The lowest BCUT2D eigenvalue weighted by molar-refractivity contribution is 0.0952. The van der Waals surface area contributed by atoms with E-state index >= 15 is 0 Å². The van der Waals surface area contributed by atoms with Crippen LogP contribution in [0.1, 0.15) is 27.3 Å². The Morgan fingerprint density at radius 1 is 1.03 bits per heavy atom. The molecule has 1 amide bonds. The molecule has 0 fully saturated rings. The molecule has 0 saturated carbocycles. The first-order valence-electron chi connectivity index (χ1n) is 9.44. The molecule has 5 nitrogen and oxygen atoms in total. The number of rotatable bonds is 4. The third kappa shape index (κ3) is 3.95. The van der Waals surface area contributed by atoms with E-state index in [0.717, 1.165) is 37.0 Å². The predicted octanol–water partition coefficient (Wildman–Crippen LogP) is 5.32. The number of hydrazone groups is 1. The molecule has 2 N–H and O–H groups in total. The highest BCUT2D eigenvalue weighted by atomic mass is 127. The van der Waals surface area contributed by atoms with Crippen molar-refractivity contribution in [1.29, 1.82) is 0 Å². The van der Waals surface area contributed by atoms with Crippen molar-refractivity contribution in [2.24, 2.45) is 5.10 Å². The zero-order chi connectivity index (χ0) is 21.3. The minimum atomic E-state index is -0.457. The average molecular weight is 509 g/mol. The van der Waals surface area contributed by atoms with Gasteiger partial charge in [-0.3, -0.25) is 4.79 Å². The number of carbonyl (C=O) groups is 1. The lowest BCUT2D eigenvalue weighted by Crippen LogP contribution is -2.17. The molecule has 0 aliphatic heterocycles. The molecule has 0 saturated heterocycles. The molecule has 1 aromatic heterocycles. The van der Waals surface area contributed by atoms with Crippen LogP contribution in [0.4, 0.5) is 0 Å². The highest BCUT2D eigenvalue weighted by molar-refractivity contribution is 14.1. The summed E-state index contributed by atoms with van der Waals surface area (Å²) in [6.45, 7) is 4.06. The van der Waals surface area contributed by atoms with Gasteiger partial charge in [-0.1, -0.05) is 30.3 Å². The van der Waals surface area contributed by atoms with Crippen molar-refractivity contribution in [2.45, 2.75) is 13.8 Å². The summed E-state index contributed by atoms with van der Waals surface area (Å²) < 4.78 is 3.32. The second kappa shape index (κ2) is 8.31. The molecule has 1 heterocycles. The number of nitrogens with zero attached hydrogens (tertiary/aromatic N) is 2. The molecule has 6 heteroatoms. The number of aryl methyl sites for hydroxylation is 1. The first kappa shape index (κ1) is 20.2. The molecule has 0 aliphatic rings. The van der Waals surface area contributed by atoms with E-state index in [4.69, 9.17) is 0 Å². The van der Waals surface area contributed by atoms with Gasteiger partial charge in [0.05, 0.1) is 11.8 Å². The van der Waals surface area contributed by atoms with Gasteiger partial charge in [0.15, 0.2) is 0 Å². The normalized spacial score (nSPS) is 11.3. The molecule has 0 radical (unpaired) electrons. The summed E-state index contributed by atoms with van der Waals surface area (Å²) in [6, 6.07) is 21.1. The van der Waals surface area contributed by atoms with Crippen LogP contribution in [0.2, 0.25) is 0 Å². The smallest absolute Gasteiger partial charge is 0.275 e. The van der Waals surface area contributed by atoms with Gasteiger partial charge in [0, 0.05) is 26.2 Å². The number of nitrogens with one attached hydrogen (secondary N) is 1. The first-order valence-corrected chi connectivity index (χ1v) is 10.5. The molecule has 4 aromatic rings. The number of hydrogen-bond donors (Lipinski definition) is 2. The fourth-order valence-corrected chi connectivity index (χ4v) is 4.09. The third-order valence-corrected chi connectivity index (χ3v) is 5.69. The van der Waals surface area contributed by atoms with Crippen molar-refractivity contribution >= 4 is 45.5 Å². The van der Waals surface area contributed by atoms with Crippen LogP contribution in [0.3, 0.4) is 0 Å². The number of fused-ring (bicyclic) bond motifs is 1. The maximum absolute atomic E-state index is 12.5. The minimum absolute atomic E-state index is 0.0711. The van der Waals surface area contributed by atoms with Crippen molar-refractivity contribution < 1.29 is 9.90 Å². The number of amides is 1. The van der Waals surface area contributed by atoms with E-state index in [-0.39, 0.29) is 11.3 Å². The van der Waals surface area contributed by atoms with Crippen molar-refractivity contribution in [3.8, 4) is 11.4 Å². The number of benzene rings is 3. The Bertz CT molecular complexity index is 1290. The molecule has 150 valence electrons. The molecular weight excluding hydrogens is 489 g/mol. The zero-order valence-corrected chi connectivity index (χ0v) is 18.7. The van der Waals surface area contributed by atoms with Crippen LogP contribution in [0.15, 0.2) is 71.8 Å². The van der Waals surface area contributed by atoms with Gasteiger partial charge in [0.1, 0.15) is 5.75 Å². The summed E-state index contributed by atoms with van der Waals surface area (Å²) in [4.78, 5) is 12.5. The number of hydrogen-bond acceptors (Lipinski definition) is 3. The van der Waals surface area contributed by atoms with Gasteiger partial charge in [-0.2, -0.15) is 5.10 Å². The second-order valence-electron chi connectivity index (χ2n) is 7.06. The Kier molecular flexibility index (Phi) is 5.59. The second-order valence-corrected chi connectivity index (χ2v) is 8.30. The number of aromatic nitrogens is 1. The molecule has 0 aliphatic carbocycles. The zero-order valence-electron chi connectivity index (χ0n) is 16.6. The molecule has 0 unspecified atom stereocenters. The first-order chi connectivity index (χ1) is 14.4. The topological polar surface area (TPSA) is 66.6 Å². The highest BCUT2D eigenvalue weighted by Crippen LogP contribution is 2.25. The van der Waals surface area contributed by atoms with Gasteiger partial charge in [-0.25, -0.2) is 5.43 Å². The van der Waals surface area contributed by atoms with Gasteiger partial charge in [-0.15, -0.1) is 0 Å². The minimum Gasteiger partial charge on any atom is -0.507 e. The van der Waals surface area contributed by atoms with E-state index in [2.05, 4.69) is 55.9 Å². The summed E-state index contributed by atoms with van der Waals surface area (Å²) in [7, 11) is 0. The Morgan fingerprint density at radius 2 is 1.77 bits per heavy atom. The Balaban J connectivity index is 1.56. The fraction of sp³-hybridized carbons (Fsp3) is 0.0833. The van der Waals surface area contributed by atoms with E-state index in [1.165, 1.54) is 0 Å². The predicted molar refractivity (Wildman–Crippen MR) is 129 cm³/mol. The number of aromatic hydroxyl groups is 1. The van der Waals surface area contributed by atoms with Crippen molar-refractivity contribution in [2.75, 3.05) is 0 Å². The van der Waals surface area contributed by atoms with Crippen LogP contribution >= 0.6 is 22.6 Å². The quantitative estimate of drug-likeness (QED) is 0.222. The average Bonchev–Trinajstić information content (AvgIpc) is 3.00. The summed E-state index contributed by atoms with van der Waals surface area (Å²) >= 11 is 2.30. The maximum Gasteiger partial charge on any atom is 0.275 e. The van der Waals surface area contributed by atoms with Crippen LogP contribution < -0.4 is 5.43 Å². The SMILES string of the molecule is Cc1cc(C=NNC(=O)c2cc3ccccc3cc2O)c(C)n1-c1cccc(I)c1.